The van der Waals surface area contributed by atoms with Crippen LogP contribution in [-0.2, 0) is 11.8 Å². The first kappa shape index (κ1) is 18.5. The Bertz CT molecular complexity index is 832. The molecule has 1 aromatic carbocycles. The molecule has 3 N–H and O–H groups in total. The van der Waals surface area contributed by atoms with E-state index in [9.17, 15) is 15.2 Å². The number of allylic oxidation sites excluding steroid dienone is 1. The van der Waals surface area contributed by atoms with E-state index < -0.39 is 0 Å². The molecule has 1 aromatic heterocycles. The molecule has 132 valence electrons. The number of aliphatic hydroxyl groups is 1. The van der Waals surface area contributed by atoms with E-state index in [4.69, 9.17) is 0 Å². The van der Waals surface area contributed by atoms with Crippen LogP contribution in [0.5, 0.6) is 0 Å². The quantitative estimate of drug-likeness (QED) is 0.502. The zero-order chi connectivity index (χ0) is 18.4. The van der Waals surface area contributed by atoms with E-state index in [1.165, 1.54) is 0 Å². The van der Waals surface area contributed by atoms with Crippen molar-refractivity contribution < 1.29 is 14.8 Å². The van der Waals surface area contributed by atoms with Crippen molar-refractivity contribution >= 4 is 22.5 Å². The average Bonchev–Trinajstić information content (AvgIpc) is 2.90. The number of aryl methyl sites for hydroxylation is 1. The molecule has 2 rings (SSSR count). The molecule has 0 fully saturated rings. The highest BCUT2D eigenvalue weighted by Gasteiger charge is 2.19. The molecule has 0 aliphatic rings. The third-order valence-electron chi connectivity index (χ3n) is 3.91. The fraction of sp³-hybridized carbons (Fsp3) is 0.389. The van der Waals surface area contributed by atoms with Gasteiger partial charge in [0.25, 0.3) is 5.91 Å². The normalized spacial score (nSPS) is 13.2. The lowest BCUT2D eigenvalue weighted by Crippen LogP contribution is -3.10. The van der Waals surface area contributed by atoms with Gasteiger partial charge in [0.2, 0.25) is 0 Å². The summed E-state index contributed by atoms with van der Waals surface area (Å²) in [7, 11) is 3.61. The molecule has 1 amide bonds. The van der Waals surface area contributed by atoms with Crippen LogP contribution < -0.4 is 10.2 Å². The molecule has 1 atom stereocenters. The van der Waals surface area contributed by atoms with Crippen LogP contribution in [0.2, 0.25) is 0 Å². The summed E-state index contributed by atoms with van der Waals surface area (Å²) in [6.45, 7) is 3.02. The molecule has 0 saturated carbocycles. The average molecular weight is 342 g/mol. The second-order valence-electron chi connectivity index (χ2n) is 6.08. The first-order valence-electron chi connectivity index (χ1n) is 8.30. The molecule has 0 bridgehead atoms. The van der Waals surface area contributed by atoms with Crippen molar-refractivity contribution in [3.63, 3.8) is 0 Å². The number of hydrogen-bond acceptors (Lipinski definition) is 4. The van der Waals surface area contributed by atoms with Crippen molar-refractivity contribution in [2.24, 2.45) is 7.05 Å². The third kappa shape index (κ3) is 4.37. The van der Waals surface area contributed by atoms with E-state index in [2.05, 4.69) is 10.3 Å². The van der Waals surface area contributed by atoms with Crippen LogP contribution in [0.4, 0.5) is 0 Å². The van der Waals surface area contributed by atoms with Crippen LogP contribution in [-0.4, -0.2) is 47.2 Å². The maximum atomic E-state index is 11.8. The second kappa shape index (κ2) is 8.31. The number of benzene rings is 1. The van der Waals surface area contributed by atoms with E-state index in [-0.39, 0.29) is 30.3 Å². The summed E-state index contributed by atoms with van der Waals surface area (Å²) in [5.74, 6) is 0.277. The van der Waals surface area contributed by atoms with Crippen molar-refractivity contribution in [2.75, 3.05) is 26.7 Å². The molecule has 0 aliphatic carbocycles. The van der Waals surface area contributed by atoms with E-state index in [1.807, 2.05) is 44.3 Å². The Morgan fingerprint density at radius 3 is 2.76 bits per heavy atom. The number of hydrogen-bond donors (Lipinski definition) is 3. The molecule has 25 heavy (non-hydrogen) atoms. The molecule has 0 spiro atoms. The Kier molecular flexibility index (Phi) is 6.14. The number of fused-ring (bicyclic) bond motifs is 1. The third-order valence-corrected chi connectivity index (χ3v) is 3.91. The summed E-state index contributed by atoms with van der Waals surface area (Å²) in [6, 6.07) is 9.59. The van der Waals surface area contributed by atoms with Crippen LogP contribution >= 0.6 is 0 Å². The Balaban J connectivity index is 2.20. The zero-order valence-corrected chi connectivity index (χ0v) is 14.8. The number of nitriles is 1. The fourth-order valence-corrected chi connectivity index (χ4v) is 2.65. The number of likely N-dealkylation sites (N-methyl/N-ethyl adjacent to an activating group) is 1. The van der Waals surface area contributed by atoms with Gasteiger partial charge in [-0.05, 0) is 18.6 Å². The molecule has 2 aromatic rings. The van der Waals surface area contributed by atoms with Gasteiger partial charge < -0.3 is 19.9 Å². The standard InChI is InChI=1S/C18H23N5O2/c1-4-9-20-17(25)12-22(2)11-16(24)13(10-19)18-21-14-7-5-6-8-15(14)23(18)3/h5-8,24H,4,9,11-12H2,1-3H3,(H,20,25)/p+1/b16-13-. The summed E-state index contributed by atoms with van der Waals surface area (Å²) in [5, 5.41) is 22.7. The maximum Gasteiger partial charge on any atom is 0.275 e. The van der Waals surface area contributed by atoms with E-state index >= 15 is 0 Å². The van der Waals surface area contributed by atoms with Crippen LogP contribution in [0.25, 0.3) is 16.6 Å². The van der Waals surface area contributed by atoms with Crippen molar-refractivity contribution in [1.29, 1.82) is 5.26 Å². The van der Waals surface area contributed by atoms with Gasteiger partial charge in [0.05, 0.1) is 18.1 Å². The predicted octanol–water partition coefficient (Wildman–Crippen LogP) is 0.407. The van der Waals surface area contributed by atoms with Gasteiger partial charge in [0.1, 0.15) is 18.2 Å². The van der Waals surface area contributed by atoms with Gasteiger partial charge >= 0.3 is 0 Å². The van der Waals surface area contributed by atoms with E-state index in [0.717, 1.165) is 22.4 Å². The van der Waals surface area contributed by atoms with Gasteiger partial charge in [0.15, 0.2) is 18.1 Å². The highest BCUT2D eigenvalue weighted by molar-refractivity contribution is 5.83. The van der Waals surface area contributed by atoms with Gasteiger partial charge in [-0.3, -0.25) is 4.79 Å². The van der Waals surface area contributed by atoms with Crippen LogP contribution in [0, 0.1) is 11.3 Å². The van der Waals surface area contributed by atoms with Gasteiger partial charge in [0, 0.05) is 13.6 Å². The molecule has 1 heterocycles. The minimum Gasteiger partial charge on any atom is -0.506 e. The molecule has 1 unspecified atom stereocenters. The summed E-state index contributed by atoms with van der Waals surface area (Å²) >= 11 is 0. The maximum absolute atomic E-state index is 11.8. The molecule has 0 saturated heterocycles. The molecular formula is C18H24N5O2+. The number of carbonyl (C=O) groups excluding carboxylic acids is 1. The molecule has 7 nitrogen and oxygen atoms in total. The number of quaternary nitrogens is 1. The number of carbonyl (C=O) groups is 1. The van der Waals surface area contributed by atoms with Crippen molar-refractivity contribution in [3.05, 3.63) is 35.8 Å². The Morgan fingerprint density at radius 1 is 1.40 bits per heavy atom. The Hall–Kier alpha value is -2.85. The Labute approximate surface area is 147 Å². The number of rotatable bonds is 7. The van der Waals surface area contributed by atoms with Crippen LogP contribution in [0.15, 0.2) is 30.0 Å². The predicted molar refractivity (Wildman–Crippen MR) is 95.8 cm³/mol. The minimum atomic E-state index is -0.0756. The van der Waals surface area contributed by atoms with Gasteiger partial charge in [-0.25, -0.2) is 4.98 Å². The largest absolute Gasteiger partial charge is 0.506 e. The topological polar surface area (TPSA) is 95.4 Å². The monoisotopic (exact) mass is 342 g/mol. The second-order valence-corrected chi connectivity index (χ2v) is 6.08. The van der Waals surface area contributed by atoms with Gasteiger partial charge in [-0.2, -0.15) is 5.26 Å². The van der Waals surface area contributed by atoms with Crippen LogP contribution in [0.1, 0.15) is 19.2 Å². The van der Waals surface area contributed by atoms with E-state index in [1.54, 1.807) is 11.6 Å². The van der Waals surface area contributed by atoms with Gasteiger partial charge in [-0.1, -0.05) is 19.1 Å². The lowest BCUT2D eigenvalue weighted by Gasteiger charge is -2.14. The van der Waals surface area contributed by atoms with Crippen molar-refractivity contribution in [3.8, 4) is 6.07 Å². The summed E-state index contributed by atoms with van der Waals surface area (Å²) < 4.78 is 1.79. The minimum absolute atomic E-state index is 0.0679. The van der Waals surface area contributed by atoms with E-state index in [0.29, 0.717) is 12.4 Å². The number of aliphatic hydroxyl groups excluding tert-OH is 1. The fourth-order valence-electron chi connectivity index (χ4n) is 2.65. The number of imidazole rings is 1. The summed E-state index contributed by atoms with van der Waals surface area (Å²) in [5.41, 5.74) is 1.78. The molecule has 0 aliphatic heterocycles. The summed E-state index contributed by atoms with van der Waals surface area (Å²) in [6.07, 6.45) is 0.876. The highest BCUT2D eigenvalue weighted by atomic mass is 16.3. The first-order valence-corrected chi connectivity index (χ1v) is 8.30. The number of nitrogens with zero attached hydrogens (tertiary/aromatic N) is 3. The Morgan fingerprint density at radius 2 is 2.12 bits per heavy atom. The number of nitrogens with one attached hydrogen (secondary N) is 2. The highest BCUT2D eigenvalue weighted by Crippen LogP contribution is 2.21. The first-order chi connectivity index (χ1) is 12.0. The lowest BCUT2D eigenvalue weighted by molar-refractivity contribution is -0.867. The smallest absolute Gasteiger partial charge is 0.275 e. The molecule has 7 heteroatoms. The molecular weight excluding hydrogens is 318 g/mol. The SMILES string of the molecule is CCCNC(=O)C[NH+](C)C/C(O)=C(\C#N)c1nc2ccccc2n1C. The zero-order valence-electron chi connectivity index (χ0n) is 14.8. The number of amides is 1. The number of aromatic nitrogens is 2. The van der Waals surface area contributed by atoms with Crippen LogP contribution in [0.3, 0.4) is 0 Å². The van der Waals surface area contributed by atoms with Crippen molar-refractivity contribution in [2.45, 2.75) is 13.3 Å². The number of para-hydroxylation sites is 2. The van der Waals surface area contributed by atoms with Crippen molar-refractivity contribution in [1.82, 2.24) is 14.9 Å². The lowest BCUT2D eigenvalue weighted by atomic mass is 10.2. The molecule has 0 radical (unpaired) electrons. The summed E-state index contributed by atoms with van der Waals surface area (Å²) in [4.78, 5) is 17.0. The van der Waals surface area contributed by atoms with Gasteiger partial charge in [-0.15, -0.1) is 0 Å².